The first-order valence-corrected chi connectivity index (χ1v) is 9.89. The maximum absolute atomic E-state index is 12.3. The van der Waals surface area contributed by atoms with E-state index in [0.717, 1.165) is 51.9 Å². The largest absolute Gasteiger partial charge is 0.325 e. The molecule has 21 heavy (non-hydrogen) atoms. The third-order valence-electron chi connectivity index (χ3n) is 4.22. The molecule has 2 amide bonds. The van der Waals surface area contributed by atoms with Crippen LogP contribution in [0.25, 0.3) is 0 Å². The maximum atomic E-state index is 12.3. The van der Waals surface area contributed by atoms with E-state index in [9.17, 15) is 13.2 Å². The van der Waals surface area contributed by atoms with E-state index < -0.39 is 9.84 Å². The van der Waals surface area contributed by atoms with Gasteiger partial charge < -0.3 is 15.1 Å². The quantitative estimate of drug-likeness (QED) is 0.828. The van der Waals surface area contributed by atoms with Gasteiger partial charge in [0.2, 0.25) is 0 Å². The Hall–Kier alpha value is -0.820. The van der Waals surface area contributed by atoms with E-state index in [2.05, 4.69) is 5.32 Å². The van der Waals surface area contributed by atoms with Crippen LogP contribution < -0.4 is 5.32 Å². The van der Waals surface area contributed by atoms with Gasteiger partial charge in [-0.2, -0.15) is 0 Å². The highest BCUT2D eigenvalue weighted by molar-refractivity contribution is 7.90. The van der Waals surface area contributed by atoms with Crippen molar-refractivity contribution in [3.8, 4) is 0 Å². The number of piperidine rings is 1. The van der Waals surface area contributed by atoms with Crippen LogP contribution in [0.1, 0.15) is 32.6 Å². The average molecular weight is 317 g/mol. The van der Waals surface area contributed by atoms with Crippen LogP contribution in [0.3, 0.4) is 0 Å². The van der Waals surface area contributed by atoms with Crippen molar-refractivity contribution in [3.05, 3.63) is 0 Å². The zero-order valence-corrected chi connectivity index (χ0v) is 13.9. The van der Waals surface area contributed by atoms with Crippen molar-refractivity contribution in [2.45, 2.75) is 44.7 Å². The second kappa shape index (κ2) is 6.96. The Morgan fingerprint density at radius 3 is 2.19 bits per heavy atom. The van der Waals surface area contributed by atoms with Gasteiger partial charge >= 0.3 is 6.03 Å². The summed E-state index contributed by atoms with van der Waals surface area (Å²) in [5.41, 5.74) is 0. The molecule has 2 aliphatic heterocycles. The molecule has 0 aromatic heterocycles. The number of urea groups is 1. The van der Waals surface area contributed by atoms with Crippen LogP contribution in [0.5, 0.6) is 0 Å². The number of carbonyl (C=O) groups excluding carboxylic acids is 1. The summed E-state index contributed by atoms with van der Waals surface area (Å²) in [6.07, 6.45) is 5.30. The first kappa shape index (κ1) is 16.5. The van der Waals surface area contributed by atoms with Gasteiger partial charge in [0.05, 0.1) is 5.75 Å². The van der Waals surface area contributed by atoms with Crippen LogP contribution in [-0.4, -0.2) is 74.5 Å². The van der Waals surface area contributed by atoms with Crippen molar-refractivity contribution in [1.82, 2.24) is 15.1 Å². The van der Waals surface area contributed by atoms with Crippen molar-refractivity contribution >= 4 is 15.9 Å². The van der Waals surface area contributed by atoms with Gasteiger partial charge in [0.25, 0.3) is 0 Å². The van der Waals surface area contributed by atoms with Crippen molar-refractivity contribution in [2.24, 2.45) is 0 Å². The smallest absolute Gasteiger partial charge is 0.319 e. The van der Waals surface area contributed by atoms with E-state index >= 15 is 0 Å². The van der Waals surface area contributed by atoms with Crippen molar-refractivity contribution in [3.63, 3.8) is 0 Å². The first-order valence-electron chi connectivity index (χ1n) is 7.83. The Morgan fingerprint density at radius 1 is 1.14 bits per heavy atom. The molecule has 6 nitrogen and oxygen atoms in total. The summed E-state index contributed by atoms with van der Waals surface area (Å²) < 4.78 is 22.5. The van der Waals surface area contributed by atoms with Crippen LogP contribution in [0.15, 0.2) is 0 Å². The van der Waals surface area contributed by atoms with E-state index in [4.69, 9.17) is 0 Å². The molecule has 0 aromatic carbocycles. The van der Waals surface area contributed by atoms with E-state index in [1.807, 2.05) is 16.7 Å². The highest BCUT2D eigenvalue weighted by Gasteiger charge is 2.28. The highest BCUT2D eigenvalue weighted by atomic mass is 32.2. The Morgan fingerprint density at radius 2 is 1.67 bits per heavy atom. The minimum Gasteiger partial charge on any atom is -0.325 e. The first-order chi connectivity index (χ1) is 9.85. The molecular weight excluding hydrogens is 290 g/mol. The minimum atomic E-state index is -2.94. The molecule has 0 spiro atoms. The standard InChI is InChI=1S/C14H27N3O3S/c1-12(11-21(2,19)20)15-13-5-9-17(10-6-13)14(18)16-7-3-4-8-16/h12-13,15H,3-11H2,1-2H3/t12-/m1/s1. The fourth-order valence-corrected chi connectivity index (χ4v) is 4.25. The molecule has 2 aliphatic rings. The molecule has 122 valence electrons. The lowest BCUT2D eigenvalue weighted by Gasteiger charge is -2.35. The lowest BCUT2D eigenvalue weighted by Crippen LogP contribution is -2.51. The summed E-state index contributed by atoms with van der Waals surface area (Å²) >= 11 is 0. The monoisotopic (exact) mass is 317 g/mol. The Kier molecular flexibility index (Phi) is 5.48. The Labute approximate surface area is 127 Å². The van der Waals surface area contributed by atoms with Gasteiger partial charge in [-0.25, -0.2) is 13.2 Å². The van der Waals surface area contributed by atoms with Gasteiger partial charge in [-0.15, -0.1) is 0 Å². The van der Waals surface area contributed by atoms with Crippen LogP contribution >= 0.6 is 0 Å². The predicted octanol–water partition coefficient (Wildman–Crippen LogP) is 0.689. The molecule has 2 heterocycles. The highest BCUT2D eigenvalue weighted by Crippen LogP contribution is 2.16. The second-order valence-corrected chi connectivity index (χ2v) is 8.58. The average Bonchev–Trinajstić information content (AvgIpc) is 2.90. The maximum Gasteiger partial charge on any atom is 0.319 e. The number of hydrogen-bond donors (Lipinski definition) is 1. The molecule has 0 bridgehead atoms. The molecular formula is C14H27N3O3S. The van der Waals surface area contributed by atoms with Gasteiger partial charge in [0.15, 0.2) is 0 Å². The molecule has 0 aromatic rings. The number of hydrogen-bond acceptors (Lipinski definition) is 4. The number of nitrogens with zero attached hydrogens (tertiary/aromatic N) is 2. The summed E-state index contributed by atoms with van der Waals surface area (Å²) in [7, 11) is -2.94. The normalized spacial score (nSPS) is 22.6. The Bertz CT molecular complexity index is 452. The van der Waals surface area contributed by atoms with Gasteiger partial charge in [-0.05, 0) is 32.6 Å². The summed E-state index contributed by atoms with van der Waals surface area (Å²) in [5.74, 6) is 0.167. The molecule has 7 heteroatoms. The number of rotatable bonds is 4. The number of amides is 2. The zero-order chi connectivity index (χ0) is 15.5. The summed E-state index contributed by atoms with van der Waals surface area (Å²) in [4.78, 5) is 16.1. The number of nitrogens with one attached hydrogen (secondary N) is 1. The fraction of sp³-hybridized carbons (Fsp3) is 0.929. The van der Waals surface area contributed by atoms with Crippen molar-refractivity contribution in [2.75, 3.05) is 38.2 Å². The van der Waals surface area contributed by atoms with E-state index in [1.54, 1.807) is 0 Å². The molecule has 1 N–H and O–H groups in total. The van der Waals surface area contributed by atoms with Crippen molar-refractivity contribution < 1.29 is 13.2 Å². The molecule has 2 saturated heterocycles. The van der Waals surface area contributed by atoms with Crippen LogP contribution in [0, 0.1) is 0 Å². The number of carbonyl (C=O) groups is 1. The summed E-state index contributed by atoms with van der Waals surface area (Å²) in [6, 6.07) is 0.449. The van der Waals surface area contributed by atoms with E-state index in [0.29, 0.717) is 6.04 Å². The third-order valence-corrected chi connectivity index (χ3v) is 5.32. The minimum absolute atomic E-state index is 0.0363. The predicted molar refractivity (Wildman–Crippen MR) is 83.1 cm³/mol. The third kappa shape index (κ3) is 5.14. The summed E-state index contributed by atoms with van der Waals surface area (Å²) in [5, 5.41) is 3.37. The molecule has 0 saturated carbocycles. The summed E-state index contributed by atoms with van der Waals surface area (Å²) in [6.45, 7) is 5.21. The lowest BCUT2D eigenvalue weighted by atomic mass is 10.0. The van der Waals surface area contributed by atoms with E-state index in [1.165, 1.54) is 6.26 Å². The molecule has 2 rings (SSSR count). The SMILES string of the molecule is C[C@H](CS(C)(=O)=O)NC1CCN(C(=O)N2CCCC2)CC1. The zero-order valence-electron chi connectivity index (χ0n) is 13.0. The van der Waals surface area contributed by atoms with Gasteiger partial charge in [0, 0.05) is 44.5 Å². The molecule has 0 aliphatic carbocycles. The Balaban J connectivity index is 1.74. The molecule has 0 unspecified atom stereocenters. The molecule has 0 radical (unpaired) electrons. The fourth-order valence-electron chi connectivity index (χ4n) is 3.25. The second-order valence-electron chi connectivity index (χ2n) is 6.40. The lowest BCUT2D eigenvalue weighted by molar-refractivity contribution is 0.144. The van der Waals surface area contributed by atoms with E-state index in [-0.39, 0.29) is 17.8 Å². The van der Waals surface area contributed by atoms with Gasteiger partial charge in [-0.3, -0.25) is 0 Å². The molecule has 1 atom stereocenters. The topological polar surface area (TPSA) is 69.7 Å². The van der Waals surface area contributed by atoms with Gasteiger partial charge in [-0.1, -0.05) is 0 Å². The van der Waals surface area contributed by atoms with Crippen LogP contribution in [0.4, 0.5) is 4.79 Å². The van der Waals surface area contributed by atoms with Crippen molar-refractivity contribution in [1.29, 1.82) is 0 Å². The van der Waals surface area contributed by atoms with Crippen LogP contribution in [-0.2, 0) is 9.84 Å². The molecule has 2 fully saturated rings. The number of sulfone groups is 1. The number of likely N-dealkylation sites (tertiary alicyclic amines) is 2. The van der Waals surface area contributed by atoms with Gasteiger partial charge in [0.1, 0.15) is 9.84 Å². The van der Waals surface area contributed by atoms with Crippen LogP contribution in [0.2, 0.25) is 0 Å².